The van der Waals surface area contributed by atoms with Crippen molar-refractivity contribution >= 4 is 11.9 Å². The molecule has 1 aromatic rings. The molecule has 2 fully saturated rings. The van der Waals surface area contributed by atoms with Gasteiger partial charge in [-0.3, -0.25) is 9.69 Å². The van der Waals surface area contributed by atoms with Crippen molar-refractivity contribution in [3.63, 3.8) is 0 Å². The summed E-state index contributed by atoms with van der Waals surface area (Å²) in [4.78, 5) is 26.8. The van der Waals surface area contributed by atoms with E-state index in [0.29, 0.717) is 31.9 Å². The number of fused-ring (bicyclic) bond motifs is 2. The largest absolute Gasteiger partial charge is 0.493 e. The molecule has 122 valence electrons. The van der Waals surface area contributed by atoms with Crippen LogP contribution in [0.2, 0.25) is 0 Å². The van der Waals surface area contributed by atoms with Crippen LogP contribution in [0.25, 0.3) is 0 Å². The first kappa shape index (κ1) is 14.5. The molecule has 0 radical (unpaired) electrons. The first-order valence-corrected chi connectivity index (χ1v) is 8.19. The van der Waals surface area contributed by atoms with Gasteiger partial charge < -0.3 is 14.8 Å². The lowest BCUT2D eigenvalue weighted by Gasteiger charge is -2.33. The summed E-state index contributed by atoms with van der Waals surface area (Å²) in [5.41, 5.74) is -0.239. The van der Waals surface area contributed by atoms with Crippen LogP contribution in [0.1, 0.15) is 31.2 Å². The summed E-state index contributed by atoms with van der Waals surface area (Å²) in [6.07, 6.45) is 3.42. The van der Waals surface area contributed by atoms with Crippen LogP contribution in [0, 0.1) is 0 Å². The Balaban J connectivity index is 1.62. The third-order valence-electron chi connectivity index (χ3n) is 4.92. The third kappa shape index (κ3) is 2.28. The summed E-state index contributed by atoms with van der Waals surface area (Å²) in [6, 6.07) is 7.09. The fourth-order valence-corrected chi connectivity index (χ4v) is 3.69. The summed E-state index contributed by atoms with van der Waals surface area (Å²) >= 11 is 0. The summed E-state index contributed by atoms with van der Waals surface area (Å²) < 4.78 is 11.3. The second-order valence-electron chi connectivity index (χ2n) is 6.33. The van der Waals surface area contributed by atoms with Crippen molar-refractivity contribution < 1.29 is 19.1 Å². The molecule has 1 spiro atoms. The minimum atomic E-state index is -0.986. The second kappa shape index (κ2) is 5.53. The van der Waals surface area contributed by atoms with Gasteiger partial charge in [-0.05, 0) is 25.3 Å². The van der Waals surface area contributed by atoms with Crippen LogP contribution in [0.4, 0.5) is 4.79 Å². The smallest absolute Gasteiger partial charge is 0.325 e. The van der Waals surface area contributed by atoms with Gasteiger partial charge in [0.25, 0.3) is 5.91 Å². The molecule has 1 N–H and O–H groups in total. The molecule has 0 bridgehead atoms. The molecule has 6 nitrogen and oxygen atoms in total. The van der Waals surface area contributed by atoms with Gasteiger partial charge in [0.2, 0.25) is 0 Å². The number of hydrogen-bond donors (Lipinski definition) is 1. The van der Waals surface area contributed by atoms with E-state index in [1.54, 1.807) is 0 Å². The number of carbonyl (C=O) groups excluding carboxylic acids is 2. The van der Waals surface area contributed by atoms with Crippen molar-refractivity contribution in [2.24, 2.45) is 0 Å². The Hall–Kier alpha value is -2.08. The Bertz CT molecular complexity index is 641. The number of urea groups is 1. The Morgan fingerprint density at radius 2 is 2.09 bits per heavy atom. The number of ether oxygens (including phenoxy) is 2. The molecule has 2 saturated heterocycles. The highest BCUT2D eigenvalue weighted by Crippen LogP contribution is 2.41. The fraction of sp³-hybridized carbons (Fsp3) is 0.529. The quantitative estimate of drug-likeness (QED) is 0.845. The van der Waals surface area contributed by atoms with Crippen LogP contribution in [-0.4, -0.2) is 42.7 Å². The van der Waals surface area contributed by atoms with Crippen molar-refractivity contribution in [3.8, 4) is 5.75 Å². The molecule has 4 rings (SSSR count). The third-order valence-corrected chi connectivity index (χ3v) is 4.92. The standard InChI is InChI=1S/C17H20N2O4/c20-15-17(8-10-23-14-7-2-1-6-13(14)17)18-16(21)19(15)11-12-5-3-4-9-22-12/h1-2,6-7,12H,3-5,8-11H2,(H,18,21)/t12-,17+/m1/s1. The minimum Gasteiger partial charge on any atom is -0.493 e. The number of para-hydroxylation sites is 1. The Labute approximate surface area is 134 Å². The predicted octanol–water partition coefficient (Wildman–Crippen LogP) is 1.79. The highest BCUT2D eigenvalue weighted by atomic mass is 16.5. The van der Waals surface area contributed by atoms with Crippen molar-refractivity contribution in [2.45, 2.75) is 37.3 Å². The first-order chi connectivity index (χ1) is 11.2. The van der Waals surface area contributed by atoms with Gasteiger partial charge in [0.1, 0.15) is 5.75 Å². The van der Waals surface area contributed by atoms with Crippen LogP contribution in [-0.2, 0) is 15.1 Å². The SMILES string of the molecule is O=C1N[C@]2(CCOc3ccccc32)C(=O)N1C[C@H]1CCCCO1. The Kier molecular flexibility index (Phi) is 3.49. The van der Waals surface area contributed by atoms with E-state index in [-0.39, 0.29) is 18.0 Å². The van der Waals surface area contributed by atoms with Gasteiger partial charge in [-0.15, -0.1) is 0 Å². The lowest BCUT2D eigenvalue weighted by atomic mass is 9.84. The molecule has 0 saturated carbocycles. The van der Waals surface area contributed by atoms with Crippen LogP contribution in [0.15, 0.2) is 24.3 Å². The van der Waals surface area contributed by atoms with Crippen molar-refractivity contribution in [1.29, 1.82) is 0 Å². The van der Waals surface area contributed by atoms with Gasteiger partial charge in [0.15, 0.2) is 5.54 Å². The molecule has 3 aliphatic heterocycles. The minimum absolute atomic E-state index is 0.0521. The molecule has 3 heterocycles. The number of imide groups is 1. The molecule has 0 aliphatic carbocycles. The highest BCUT2D eigenvalue weighted by Gasteiger charge is 2.55. The van der Waals surface area contributed by atoms with E-state index in [4.69, 9.17) is 9.47 Å². The number of nitrogens with one attached hydrogen (secondary N) is 1. The van der Waals surface area contributed by atoms with E-state index in [1.807, 2.05) is 24.3 Å². The monoisotopic (exact) mass is 316 g/mol. The Morgan fingerprint density at radius 1 is 1.22 bits per heavy atom. The van der Waals surface area contributed by atoms with E-state index >= 15 is 0 Å². The first-order valence-electron chi connectivity index (χ1n) is 8.19. The average Bonchev–Trinajstić information content (AvgIpc) is 2.81. The Morgan fingerprint density at radius 3 is 2.91 bits per heavy atom. The van der Waals surface area contributed by atoms with Crippen LogP contribution < -0.4 is 10.1 Å². The lowest BCUT2D eigenvalue weighted by molar-refractivity contribution is -0.134. The van der Waals surface area contributed by atoms with Gasteiger partial charge in [0, 0.05) is 18.6 Å². The molecule has 3 amide bonds. The van der Waals surface area contributed by atoms with Gasteiger partial charge in [-0.2, -0.15) is 0 Å². The second-order valence-corrected chi connectivity index (χ2v) is 6.33. The molecule has 6 heteroatoms. The van der Waals surface area contributed by atoms with Crippen LogP contribution in [0.5, 0.6) is 5.75 Å². The number of amides is 3. The number of hydrogen-bond acceptors (Lipinski definition) is 4. The van der Waals surface area contributed by atoms with Gasteiger partial charge in [-0.1, -0.05) is 18.2 Å². The van der Waals surface area contributed by atoms with E-state index in [2.05, 4.69) is 5.32 Å². The maximum Gasteiger partial charge on any atom is 0.325 e. The number of nitrogens with zero attached hydrogens (tertiary/aromatic N) is 1. The molecule has 3 aliphatic rings. The van der Waals surface area contributed by atoms with Crippen molar-refractivity contribution in [3.05, 3.63) is 29.8 Å². The average molecular weight is 316 g/mol. The number of benzene rings is 1. The van der Waals surface area contributed by atoms with Crippen LogP contribution >= 0.6 is 0 Å². The van der Waals surface area contributed by atoms with E-state index in [0.717, 1.165) is 24.8 Å². The summed E-state index contributed by atoms with van der Waals surface area (Å²) in [7, 11) is 0. The zero-order valence-corrected chi connectivity index (χ0v) is 12.9. The molecular weight excluding hydrogens is 296 g/mol. The van der Waals surface area contributed by atoms with E-state index in [1.165, 1.54) is 4.90 Å². The normalized spacial score (nSPS) is 30.1. The zero-order chi connectivity index (χ0) is 15.9. The molecular formula is C17H20N2O4. The fourth-order valence-electron chi connectivity index (χ4n) is 3.69. The van der Waals surface area contributed by atoms with Crippen molar-refractivity contribution in [2.75, 3.05) is 19.8 Å². The predicted molar refractivity (Wildman–Crippen MR) is 82.1 cm³/mol. The van der Waals surface area contributed by atoms with Crippen molar-refractivity contribution in [1.82, 2.24) is 10.2 Å². The van der Waals surface area contributed by atoms with Gasteiger partial charge in [-0.25, -0.2) is 4.79 Å². The van der Waals surface area contributed by atoms with Gasteiger partial charge >= 0.3 is 6.03 Å². The number of rotatable bonds is 2. The maximum atomic E-state index is 13.1. The molecule has 0 unspecified atom stereocenters. The summed E-state index contributed by atoms with van der Waals surface area (Å²) in [5, 5.41) is 2.92. The molecule has 1 aromatic carbocycles. The zero-order valence-electron chi connectivity index (χ0n) is 12.9. The summed E-state index contributed by atoms with van der Waals surface area (Å²) in [6.45, 7) is 1.45. The molecule has 23 heavy (non-hydrogen) atoms. The van der Waals surface area contributed by atoms with E-state index < -0.39 is 5.54 Å². The maximum absolute atomic E-state index is 13.1. The van der Waals surface area contributed by atoms with Crippen LogP contribution in [0.3, 0.4) is 0 Å². The van der Waals surface area contributed by atoms with Gasteiger partial charge in [0.05, 0.1) is 19.3 Å². The highest BCUT2D eigenvalue weighted by molar-refractivity contribution is 6.08. The topological polar surface area (TPSA) is 67.9 Å². The lowest BCUT2D eigenvalue weighted by Crippen LogP contribution is -2.48. The van der Waals surface area contributed by atoms with E-state index in [9.17, 15) is 9.59 Å². The number of carbonyl (C=O) groups is 2. The molecule has 2 atom stereocenters. The summed E-state index contributed by atoms with van der Waals surface area (Å²) in [5.74, 6) is 0.482. The molecule has 0 aromatic heterocycles.